The number of aryl methyl sites for hydroxylation is 1. The molecule has 0 radical (unpaired) electrons. The first-order valence-corrected chi connectivity index (χ1v) is 8.63. The summed E-state index contributed by atoms with van der Waals surface area (Å²) in [5.41, 5.74) is 3.09. The van der Waals surface area contributed by atoms with E-state index in [4.69, 9.17) is 11.6 Å². The molecule has 0 atom stereocenters. The number of nitrogens with zero attached hydrogens (tertiary/aromatic N) is 2. The summed E-state index contributed by atoms with van der Waals surface area (Å²) >= 11 is 5.76. The van der Waals surface area contributed by atoms with Crippen LogP contribution in [-0.4, -0.2) is 21.6 Å². The zero-order valence-corrected chi connectivity index (χ0v) is 15.7. The molecule has 0 saturated heterocycles. The SMILES string of the molecule is Cc1ccccc1C(=O)NNC(=O)c1cnn(-c2ccc(Cl)cc2)c1C(F)(F)F. The van der Waals surface area contributed by atoms with Gasteiger partial charge in [0, 0.05) is 10.6 Å². The van der Waals surface area contributed by atoms with E-state index in [1.54, 1.807) is 25.1 Å². The molecule has 1 heterocycles. The van der Waals surface area contributed by atoms with Crippen molar-refractivity contribution < 1.29 is 22.8 Å². The number of hydrazine groups is 1. The molecule has 0 saturated carbocycles. The molecule has 0 bridgehead atoms. The molecule has 0 unspecified atom stereocenters. The second-order valence-electron chi connectivity index (χ2n) is 6.02. The molecule has 0 aliphatic heterocycles. The average molecular weight is 423 g/mol. The Morgan fingerprint density at radius 3 is 2.14 bits per heavy atom. The van der Waals surface area contributed by atoms with Crippen molar-refractivity contribution in [1.29, 1.82) is 0 Å². The Bertz CT molecular complexity index is 1060. The minimum absolute atomic E-state index is 0.0738. The maximum absolute atomic E-state index is 13.6. The monoisotopic (exact) mass is 422 g/mol. The van der Waals surface area contributed by atoms with E-state index in [1.807, 2.05) is 5.43 Å². The van der Waals surface area contributed by atoms with E-state index in [9.17, 15) is 22.8 Å². The summed E-state index contributed by atoms with van der Waals surface area (Å²) in [6.45, 7) is 1.69. The fraction of sp³-hybridized carbons (Fsp3) is 0.105. The maximum atomic E-state index is 13.6. The zero-order chi connectivity index (χ0) is 21.2. The molecule has 0 fully saturated rings. The second kappa shape index (κ2) is 7.96. The first kappa shape index (κ1) is 20.4. The molecular weight excluding hydrogens is 409 g/mol. The van der Waals surface area contributed by atoms with E-state index >= 15 is 0 Å². The predicted octanol–water partition coefficient (Wildman–Crippen LogP) is 3.93. The van der Waals surface area contributed by atoms with Gasteiger partial charge in [0.2, 0.25) is 0 Å². The Balaban J connectivity index is 1.86. The highest BCUT2D eigenvalue weighted by Gasteiger charge is 2.40. The van der Waals surface area contributed by atoms with Gasteiger partial charge < -0.3 is 0 Å². The maximum Gasteiger partial charge on any atom is 0.434 e. The molecule has 0 spiro atoms. The van der Waals surface area contributed by atoms with E-state index in [2.05, 4.69) is 10.5 Å². The van der Waals surface area contributed by atoms with Crippen LogP contribution in [0.25, 0.3) is 5.69 Å². The second-order valence-corrected chi connectivity index (χ2v) is 6.45. The molecule has 150 valence electrons. The molecule has 29 heavy (non-hydrogen) atoms. The normalized spacial score (nSPS) is 11.2. The number of hydrogen-bond acceptors (Lipinski definition) is 3. The van der Waals surface area contributed by atoms with E-state index in [0.29, 0.717) is 15.3 Å². The van der Waals surface area contributed by atoms with Gasteiger partial charge in [-0.05, 0) is 42.8 Å². The van der Waals surface area contributed by atoms with Crippen LogP contribution in [0.1, 0.15) is 32.0 Å². The number of nitrogens with one attached hydrogen (secondary N) is 2. The Hall–Kier alpha value is -3.33. The highest BCUT2D eigenvalue weighted by molar-refractivity contribution is 6.30. The van der Waals surface area contributed by atoms with Crippen LogP contribution in [0.3, 0.4) is 0 Å². The number of carbonyl (C=O) groups is 2. The van der Waals surface area contributed by atoms with Crippen molar-refractivity contribution in [3.05, 3.63) is 82.1 Å². The van der Waals surface area contributed by atoms with Gasteiger partial charge >= 0.3 is 6.18 Å². The van der Waals surface area contributed by atoms with Crippen LogP contribution < -0.4 is 10.9 Å². The molecule has 3 rings (SSSR count). The quantitative estimate of drug-likeness (QED) is 0.628. The lowest BCUT2D eigenvalue weighted by Gasteiger charge is -2.13. The third-order valence-electron chi connectivity index (χ3n) is 4.03. The Labute approximate surface area is 168 Å². The molecule has 10 heteroatoms. The lowest BCUT2D eigenvalue weighted by molar-refractivity contribution is -0.143. The van der Waals surface area contributed by atoms with Gasteiger partial charge in [-0.3, -0.25) is 20.4 Å². The number of carbonyl (C=O) groups excluding carboxylic acids is 2. The van der Waals surface area contributed by atoms with Crippen LogP contribution in [0.5, 0.6) is 0 Å². The Kier molecular flexibility index (Phi) is 5.60. The van der Waals surface area contributed by atoms with Gasteiger partial charge in [-0.2, -0.15) is 18.3 Å². The van der Waals surface area contributed by atoms with Crippen LogP contribution in [-0.2, 0) is 6.18 Å². The number of aromatic nitrogens is 2. The van der Waals surface area contributed by atoms with Gasteiger partial charge in [0.25, 0.3) is 11.8 Å². The van der Waals surface area contributed by atoms with Gasteiger partial charge in [0.15, 0.2) is 5.69 Å². The van der Waals surface area contributed by atoms with Crippen LogP contribution in [0.2, 0.25) is 5.02 Å². The molecule has 0 aliphatic rings. The molecule has 2 amide bonds. The molecule has 3 aromatic rings. The topological polar surface area (TPSA) is 76.0 Å². The van der Waals surface area contributed by atoms with Crippen molar-refractivity contribution in [2.24, 2.45) is 0 Å². The fourth-order valence-corrected chi connectivity index (χ4v) is 2.77. The minimum atomic E-state index is -4.87. The average Bonchev–Trinajstić information content (AvgIpc) is 3.12. The summed E-state index contributed by atoms with van der Waals surface area (Å²) in [5.74, 6) is -1.81. The number of rotatable bonds is 3. The van der Waals surface area contributed by atoms with Gasteiger partial charge in [-0.15, -0.1) is 0 Å². The Morgan fingerprint density at radius 1 is 0.966 bits per heavy atom. The number of hydrogen-bond donors (Lipinski definition) is 2. The predicted molar refractivity (Wildman–Crippen MR) is 99.7 cm³/mol. The van der Waals surface area contributed by atoms with E-state index in [-0.39, 0.29) is 11.3 Å². The van der Waals surface area contributed by atoms with Crippen LogP contribution in [0.4, 0.5) is 13.2 Å². The molecule has 2 aromatic carbocycles. The van der Waals surface area contributed by atoms with Crippen molar-refractivity contribution in [3.63, 3.8) is 0 Å². The number of amides is 2. The zero-order valence-electron chi connectivity index (χ0n) is 14.9. The molecule has 2 N–H and O–H groups in total. The number of halogens is 4. The molecule has 0 aliphatic carbocycles. The highest BCUT2D eigenvalue weighted by atomic mass is 35.5. The minimum Gasteiger partial charge on any atom is -0.267 e. The van der Waals surface area contributed by atoms with Crippen LogP contribution >= 0.6 is 11.6 Å². The van der Waals surface area contributed by atoms with E-state index in [0.717, 1.165) is 6.20 Å². The summed E-state index contributed by atoms with van der Waals surface area (Å²) in [6, 6.07) is 12.1. The van der Waals surface area contributed by atoms with E-state index < -0.39 is 29.2 Å². The number of benzene rings is 2. The molecule has 1 aromatic heterocycles. The van der Waals surface area contributed by atoms with Crippen molar-refractivity contribution in [3.8, 4) is 5.69 Å². The molecular formula is C19H14ClF3N4O2. The van der Waals surface area contributed by atoms with Crippen LogP contribution in [0.15, 0.2) is 54.7 Å². The third-order valence-corrected chi connectivity index (χ3v) is 4.28. The van der Waals surface area contributed by atoms with Gasteiger partial charge in [-0.1, -0.05) is 29.8 Å². The Morgan fingerprint density at radius 2 is 1.55 bits per heavy atom. The summed E-state index contributed by atoms with van der Waals surface area (Å²) in [6.07, 6.45) is -4.09. The summed E-state index contributed by atoms with van der Waals surface area (Å²) in [7, 11) is 0. The van der Waals surface area contributed by atoms with Gasteiger partial charge in [0.1, 0.15) is 0 Å². The first-order valence-electron chi connectivity index (χ1n) is 8.26. The smallest absolute Gasteiger partial charge is 0.267 e. The lowest BCUT2D eigenvalue weighted by Crippen LogP contribution is -2.42. The van der Waals surface area contributed by atoms with Crippen molar-refractivity contribution >= 4 is 23.4 Å². The largest absolute Gasteiger partial charge is 0.434 e. The highest BCUT2D eigenvalue weighted by Crippen LogP contribution is 2.33. The van der Waals surface area contributed by atoms with Crippen molar-refractivity contribution in [2.45, 2.75) is 13.1 Å². The molecule has 6 nitrogen and oxygen atoms in total. The third kappa shape index (κ3) is 4.40. The fourth-order valence-electron chi connectivity index (χ4n) is 2.64. The van der Waals surface area contributed by atoms with Crippen molar-refractivity contribution in [2.75, 3.05) is 0 Å². The lowest BCUT2D eigenvalue weighted by atomic mass is 10.1. The van der Waals surface area contributed by atoms with Crippen LogP contribution in [0, 0.1) is 6.92 Å². The standard InChI is InChI=1S/C19H14ClF3N4O2/c1-11-4-2-3-5-14(11)17(28)25-26-18(29)15-10-24-27(16(15)19(21,22)23)13-8-6-12(20)7-9-13/h2-10H,1H3,(H,25,28)(H,26,29). The number of alkyl halides is 3. The van der Waals surface area contributed by atoms with Gasteiger partial charge in [-0.25, -0.2) is 4.68 Å². The summed E-state index contributed by atoms with van der Waals surface area (Å²) < 4.78 is 41.5. The van der Waals surface area contributed by atoms with E-state index in [1.165, 1.54) is 30.3 Å². The summed E-state index contributed by atoms with van der Waals surface area (Å²) in [4.78, 5) is 24.5. The summed E-state index contributed by atoms with van der Waals surface area (Å²) in [5, 5.41) is 4.02. The van der Waals surface area contributed by atoms with Crippen molar-refractivity contribution in [1.82, 2.24) is 20.6 Å². The first-order chi connectivity index (χ1) is 13.7. The van der Waals surface area contributed by atoms with Gasteiger partial charge in [0.05, 0.1) is 17.4 Å².